The largest absolute Gasteiger partial charge is 0.0985 e. The molecule has 0 unspecified atom stereocenters. The van der Waals surface area contributed by atoms with Gasteiger partial charge in [-0.05, 0) is 29.5 Å². The number of fused-ring (bicyclic) bond motifs is 3. The van der Waals surface area contributed by atoms with Gasteiger partial charge in [-0.2, -0.15) is 0 Å². The van der Waals surface area contributed by atoms with Crippen LogP contribution in [0.15, 0.2) is 54.6 Å². The molecule has 0 N–H and O–H groups in total. The summed E-state index contributed by atoms with van der Waals surface area (Å²) in [5.41, 5.74) is 4.68. The Morgan fingerprint density at radius 3 is 2.37 bits per heavy atom. The Morgan fingerprint density at radius 1 is 0.895 bits per heavy atom. The molecule has 0 spiro atoms. The summed E-state index contributed by atoms with van der Waals surface area (Å²) in [5, 5.41) is 0. The minimum absolute atomic E-state index is 0.0148. The summed E-state index contributed by atoms with van der Waals surface area (Å²) in [4.78, 5) is 0. The van der Waals surface area contributed by atoms with Gasteiger partial charge in [-0.3, -0.25) is 0 Å². The normalized spacial score (nSPS) is 30.3. The van der Waals surface area contributed by atoms with Crippen LogP contribution in [-0.4, -0.2) is 3.23 Å². The van der Waals surface area contributed by atoms with E-state index in [4.69, 9.17) is 0 Å². The lowest BCUT2D eigenvalue weighted by molar-refractivity contribution is 0.571. The number of hydrogen-bond acceptors (Lipinski definition) is 0. The monoisotopic (exact) mass is 376 g/mol. The van der Waals surface area contributed by atoms with Crippen LogP contribution in [-0.2, 0) is 11.8 Å². The first-order chi connectivity index (χ1) is 9.18. The number of alkyl halides is 2. The number of benzene rings is 2. The highest BCUT2D eigenvalue weighted by molar-refractivity contribution is 9.25. The predicted molar refractivity (Wildman–Crippen MR) is 86.2 cm³/mol. The van der Waals surface area contributed by atoms with Gasteiger partial charge in [0.15, 0.2) is 0 Å². The van der Waals surface area contributed by atoms with Gasteiger partial charge in [0.2, 0.25) is 0 Å². The van der Waals surface area contributed by atoms with Gasteiger partial charge >= 0.3 is 0 Å². The summed E-state index contributed by atoms with van der Waals surface area (Å²) in [6.07, 6.45) is 2.37. The van der Waals surface area contributed by atoms with Crippen molar-refractivity contribution in [2.45, 2.75) is 27.4 Å². The molecule has 19 heavy (non-hydrogen) atoms. The van der Waals surface area contributed by atoms with Crippen LogP contribution in [0.5, 0.6) is 0 Å². The third-order valence-electron chi connectivity index (χ3n) is 4.81. The van der Waals surface area contributed by atoms with Crippen LogP contribution in [0.4, 0.5) is 0 Å². The van der Waals surface area contributed by atoms with Gasteiger partial charge in [-0.15, -0.1) is 0 Å². The van der Waals surface area contributed by atoms with E-state index < -0.39 is 0 Å². The fourth-order valence-corrected chi connectivity index (χ4v) is 6.20. The highest BCUT2D eigenvalue weighted by atomic mass is 79.9. The second kappa shape index (κ2) is 3.95. The van der Waals surface area contributed by atoms with Crippen LogP contribution in [0, 0.1) is 0 Å². The third kappa shape index (κ3) is 1.45. The Hall–Kier alpha value is -0.600. The number of hydrogen-bond donors (Lipinski definition) is 0. The lowest BCUT2D eigenvalue weighted by Crippen LogP contribution is -2.19. The van der Waals surface area contributed by atoms with E-state index in [1.165, 1.54) is 29.5 Å². The molecule has 4 rings (SSSR count). The molecule has 0 nitrogen and oxygen atoms in total. The quantitative estimate of drug-likeness (QED) is 0.602. The molecule has 1 fully saturated rings. The summed E-state index contributed by atoms with van der Waals surface area (Å²) in [6, 6.07) is 19.8. The SMILES string of the molecule is BrC1(Br)[C@H]2c3ccccc3CC[C@]21c1ccccc1. The maximum Gasteiger partial charge on any atom is 0.0985 e. The van der Waals surface area contributed by atoms with Crippen molar-refractivity contribution in [3.05, 3.63) is 71.3 Å². The molecule has 0 saturated heterocycles. The maximum absolute atomic E-state index is 3.96. The second-order valence-electron chi connectivity index (χ2n) is 5.59. The Morgan fingerprint density at radius 2 is 1.58 bits per heavy atom. The van der Waals surface area contributed by atoms with Crippen LogP contribution in [0.2, 0.25) is 0 Å². The van der Waals surface area contributed by atoms with Gasteiger partial charge in [0, 0.05) is 11.3 Å². The van der Waals surface area contributed by atoms with E-state index in [1.807, 2.05) is 0 Å². The molecular weight excluding hydrogens is 364 g/mol. The highest BCUT2D eigenvalue weighted by Crippen LogP contribution is 2.79. The lowest BCUT2D eigenvalue weighted by Gasteiger charge is -2.24. The zero-order valence-electron chi connectivity index (χ0n) is 10.4. The van der Waals surface area contributed by atoms with Crippen LogP contribution < -0.4 is 0 Å². The first-order valence-corrected chi connectivity index (χ1v) is 8.28. The highest BCUT2D eigenvalue weighted by Gasteiger charge is 2.76. The van der Waals surface area contributed by atoms with E-state index in [2.05, 4.69) is 86.5 Å². The van der Waals surface area contributed by atoms with Crippen molar-refractivity contribution in [2.75, 3.05) is 0 Å². The van der Waals surface area contributed by atoms with Gasteiger partial charge in [-0.25, -0.2) is 0 Å². The van der Waals surface area contributed by atoms with Crippen molar-refractivity contribution in [3.63, 3.8) is 0 Å². The topological polar surface area (TPSA) is 0 Å². The summed E-state index contributed by atoms with van der Waals surface area (Å²) < 4.78 is 0.0148. The summed E-state index contributed by atoms with van der Waals surface area (Å²) in [6.45, 7) is 0. The Balaban J connectivity index is 1.89. The molecule has 2 heteroatoms. The first kappa shape index (κ1) is 12.2. The molecular formula is C17H14Br2. The van der Waals surface area contributed by atoms with Crippen molar-refractivity contribution in [3.8, 4) is 0 Å². The molecule has 0 bridgehead atoms. The van der Waals surface area contributed by atoms with Crippen LogP contribution in [0.1, 0.15) is 29.0 Å². The Kier molecular flexibility index (Phi) is 2.53. The first-order valence-electron chi connectivity index (χ1n) is 6.69. The molecule has 0 aromatic heterocycles. The third-order valence-corrected chi connectivity index (χ3v) is 7.14. The van der Waals surface area contributed by atoms with E-state index in [9.17, 15) is 0 Å². The van der Waals surface area contributed by atoms with E-state index in [-0.39, 0.29) is 8.65 Å². The molecule has 0 radical (unpaired) electrons. The van der Waals surface area contributed by atoms with Crippen molar-refractivity contribution < 1.29 is 0 Å². The fourth-order valence-electron chi connectivity index (χ4n) is 3.84. The second-order valence-corrected chi connectivity index (χ2v) is 9.16. The smallest absolute Gasteiger partial charge is 0.0710 e. The van der Waals surface area contributed by atoms with Crippen LogP contribution in [0.25, 0.3) is 0 Å². The van der Waals surface area contributed by atoms with Crippen LogP contribution >= 0.6 is 31.9 Å². The summed E-state index contributed by atoms with van der Waals surface area (Å²) in [5.74, 6) is 0.535. The minimum Gasteiger partial charge on any atom is -0.0710 e. The molecule has 2 aliphatic carbocycles. The van der Waals surface area contributed by atoms with Gasteiger partial charge in [0.1, 0.15) is 0 Å². The van der Waals surface area contributed by atoms with E-state index >= 15 is 0 Å². The minimum atomic E-state index is 0.0148. The van der Waals surface area contributed by atoms with Gasteiger partial charge in [0.05, 0.1) is 3.23 Å². The standard InChI is InChI=1S/C17H14Br2/c18-17(19)15-14-9-5-4-6-12(14)10-11-16(15,17)13-7-2-1-3-8-13/h1-9,15H,10-11H2/t15-,16-/m0/s1. The average Bonchev–Trinajstić information content (AvgIpc) is 2.98. The van der Waals surface area contributed by atoms with Crippen LogP contribution in [0.3, 0.4) is 0 Å². The zero-order chi connectivity index (χ0) is 13.1. The predicted octanol–water partition coefficient (Wildman–Crippen LogP) is 5.15. The zero-order valence-corrected chi connectivity index (χ0v) is 13.6. The Bertz CT molecular complexity index is 633. The van der Waals surface area contributed by atoms with Gasteiger partial charge < -0.3 is 0 Å². The maximum atomic E-state index is 3.96. The molecule has 0 amide bonds. The van der Waals surface area contributed by atoms with Gasteiger partial charge in [-0.1, -0.05) is 86.5 Å². The van der Waals surface area contributed by atoms with Crippen molar-refractivity contribution in [2.24, 2.45) is 0 Å². The average molecular weight is 378 g/mol. The number of rotatable bonds is 1. The lowest BCUT2D eigenvalue weighted by atomic mass is 9.79. The number of halogens is 2. The van der Waals surface area contributed by atoms with E-state index in [0.717, 1.165) is 0 Å². The van der Waals surface area contributed by atoms with Crippen molar-refractivity contribution in [1.82, 2.24) is 0 Å². The number of aryl methyl sites for hydroxylation is 1. The van der Waals surface area contributed by atoms with Gasteiger partial charge in [0.25, 0.3) is 0 Å². The summed E-state index contributed by atoms with van der Waals surface area (Å²) in [7, 11) is 0. The molecule has 0 heterocycles. The molecule has 2 atom stereocenters. The molecule has 1 saturated carbocycles. The fraction of sp³-hybridized carbons (Fsp3) is 0.294. The molecule has 96 valence electrons. The molecule has 2 aromatic carbocycles. The van der Waals surface area contributed by atoms with Crippen molar-refractivity contribution >= 4 is 31.9 Å². The molecule has 2 aliphatic rings. The van der Waals surface area contributed by atoms with E-state index in [0.29, 0.717) is 5.92 Å². The summed E-state index contributed by atoms with van der Waals surface area (Å²) >= 11 is 7.92. The Labute approximate surface area is 130 Å². The molecule has 0 aliphatic heterocycles. The van der Waals surface area contributed by atoms with Crippen molar-refractivity contribution in [1.29, 1.82) is 0 Å². The van der Waals surface area contributed by atoms with E-state index in [1.54, 1.807) is 0 Å². The molecule has 2 aromatic rings.